The predicted octanol–water partition coefficient (Wildman–Crippen LogP) is 3.57. The summed E-state index contributed by atoms with van der Waals surface area (Å²) >= 11 is 5.61. The molecule has 1 aliphatic heterocycles. The fourth-order valence-corrected chi connectivity index (χ4v) is 3.56. The minimum absolute atomic E-state index is 0.396. The number of thiocarbonyl (C=S) groups is 1. The predicted molar refractivity (Wildman–Crippen MR) is 107 cm³/mol. The fraction of sp³-hybridized carbons (Fsp3) is 0.350. The van der Waals surface area contributed by atoms with Crippen molar-refractivity contribution in [1.82, 2.24) is 4.90 Å². The second-order valence-corrected chi connectivity index (χ2v) is 6.82. The van der Waals surface area contributed by atoms with Crippen molar-refractivity contribution in [1.29, 1.82) is 0 Å². The van der Waals surface area contributed by atoms with Crippen molar-refractivity contribution < 1.29 is 14.6 Å². The number of aliphatic hydroxyl groups is 1. The van der Waals surface area contributed by atoms with Gasteiger partial charge >= 0.3 is 0 Å². The molecule has 0 unspecified atom stereocenters. The number of nitrogens with zero attached hydrogens (tertiary/aromatic N) is 1. The third-order valence-electron chi connectivity index (χ3n) is 4.92. The van der Waals surface area contributed by atoms with Crippen LogP contribution in [0.25, 0.3) is 0 Å². The van der Waals surface area contributed by atoms with Gasteiger partial charge in [0.15, 0.2) is 5.11 Å². The molecule has 0 amide bonds. The quantitative estimate of drug-likeness (QED) is 0.804. The number of benzene rings is 2. The van der Waals surface area contributed by atoms with Crippen molar-refractivity contribution >= 4 is 23.0 Å². The molecule has 0 saturated heterocycles. The fourth-order valence-electron chi connectivity index (χ4n) is 3.31. The lowest BCUT2D eigenvalue weighted by atomic mass is 9.95. The lowest BCUT2D eigenvalue weighted by Gasteiger charge is -2.35. The number of nitrogens with one attached hydrogen (secondary N) is 1. The standard InChI is InChI=1S/C20H24N2O3S/c1-12-6-5-7-15(13(12)2)21-20(26)22-10-14-17(24-3)8-9-18(25-4)19(14)16(23)11-22/h5-9,16,23H,10-11H2,1-4H3,(H,21,26)/t16-/m0/s1. The summed E-state index contributed by atoms with van der Waals surface area (Å²) in [6, 6.07) is 9.76. The second-order valence-electron chi connectivity index (χ2n) is 6.44. The first kappa shape index (κ1) is 18.5. The summed E-state index contributed by atoms with van der Waals surface area (Å²) in [6.07, 6.45) is -0.706. The smallest absolute Gasteiger partial charge is 0.173 e. The Morgan fingerprint density at radius 3 is 2.54 bits per heavy atom. The molecule has 3 rings (SSSR count). The van der Waals surface area contributed by atoms with E-state index in [-0.39, 0.29) is 0 Å². The molecule has 0 fully saturated rings. The van der Waals surface area contributed by atoms with Crippen LogP contribution in [-0.4, -0.2) is 35.9 Å². The molecule has 0 spiro atoms. The minimum Gasteiger partial charge on any atom is -0.496 e. The van der Waals surface area contributed by atoms with Crippen molar-refractivity contribution in [2.24, 2.45) is 0 Å². The number of hydrogen-bond donors (Lipinski definition) is 2. The van der Waals surface area contributed by atoms with Gasteiger partial charge < -0.3 is 24.8 Å². The molecule has 0 radical (unpaired) electrons. The summed E-state index contributed by atoms with van der Waals surface area (Å²) < 4.78 is 10.9. The number of anilines is 1. The van der Waals surface area contributed by atoms with E-state index in [2.05, 4.69) is 25.2 Å². The molecule has 0 saturated carbocycles. The minimum atomic E-state index is -0.706. The molecular weight excluding hydrogens is 348 g/mol. The second kappa shape index (κ2) is 7.51. The Balaban J connectivity index is 1.88. The van der Waals surface area contributed by atoms with E-state index in [0.29, 0.717) is 24.0 Å². The van der Waals surface area contributed by atoms with E-state index < -0.39 is 6.10 Å². The van der Waals surface area contributed by atoms with E-state index in [1.807, 2.05) is 29.2 Å². The van der Waals surface area contributed by atoms with Crippen LogP contribution in [0.4, 0.5) is 5.69 Å². The number of hydrogen-bond acceptors (Lipinski definition) is 4. The molecule has 138 valence electrons. The number of fused-ring (bicyclic) bond motifs is 1. The van der Waals surface area contributed by atoms with Crippen LogP contribution >= 0.6 is 12.2 Å². The van der Waals surface area contributed by atoms with E-state index >= 15 is 0 Å². The third kappa shape index (κ3) is 3.34. The Morgan fingerprint density at radius 1 is 1.15 bits per heavy atom. The topological polar surface area (TPSA) is 54.0 Å². The van der Waals surface area contributed by atoms with Gasteiger partial charge in [0.25, 0.3) is 0 Å². The van der Waals surface area contributed by atoms with Crippen molar-refractivity contribution in [3.63, 3.8) is 0 Å². The van der Waals surface area contributed by atoms with Gasteiger partial charge in [-0.1, -0.05) is 12.1 Å². The van der Waals surface area contributed by atoms with Gasteiger partial charge in [-0.3, -0.25) is 0 Å². The summed E-state index contributed by atoms with van der Waals surface area (Å²) in [5.41, 5.74) is 5.02. The zero-order valence-electron chi connectivity index (χ0n) is 15.5. The maximum Gasteiger partial charge on any atom is 0.173 e. The summed E-state index contributed by atoms with van der Waals surface area (Å²) in [6.45, 7) is 5.08. The summed E-state index contributed by atoms with van der Waals surface area (Å²) in [5, 5.41) is 14.6. The van der Waals surface area contributed by atoms with Crippen LogP contribution in [0.2, 0.25) is 0 Å². The summed E-state index contributed by atoms with van der Waals surface area (Å²) in [4.78, 5) is 1.95. The van der Waals surface area contributed by atoms with E-state index in [4.69, 9.17) is 21.7 Å². The largest absolute Gasteiger partial charge is 0.496 e. The SMILES string of the molecule is COc1ccc(OC)c2c1CN(C(=S)Nc1cccc(C)c1C)C[C@@H]2O. The average molecular weight is 372 g/mol. The van der Waals surface area contributed by atoms with Crippen molar-refractivity contribution in [2.45, 2.75) is 26.5 Å². The van der Waals surface area contributed by atoms with Crippen molar-refractivity contribution in [2.75, 3.05) is 26.1 Å². The Morgan fingerprint density at radius 2 is 1.85 bits per heavy atom. The lowest BCUT2D eigenvalue weighted by molar-refractivity contribution is 0.123. The van der Waals surface area contributed by atoms with Crippen LogP contribution in [0.5, 0.6) is 11.5 Å². The molecule has 2 aromatic rings. The average Bonchev–Trinajstić information content (AvgIpc) is 2.64. The highest BCUT2D eigenvalue weighted by Gasteiger charge is 2.30. The Bertz CT molecular complexity index is 838. The van der Waals surface area contributed by atoms with Gasteiger partial charge in [0.05, 0.1) is 20.8 Å². The van der Waals surface area contributed by atoms with Gasteiger partial charge in [-0.25, -0.2) is 0 Å². The Kier molecular flexibility index (Phi) is 5.34. The Labute approximate surface area is 159 Å². The highest BCUT2D eigenvalue weighted by atomic mass is 32.1. The number of aryl methyl sites for hydroxylation is 1. The van der Waals surface area contributed by atoms with Crippen LogP contribution < -0.4 is 14.8 Å². The molecule has 2 N–H and O–H groups in total. The van der Waals surface area contributed by atoms with E-state index in [1.54, 1.807) is 14.2 Å². The van der Waals surface area contributed by atoms with Crippen LogP contribution in [-0.2, 0) is 6.54 Å². The number of ether oxygens (including phenoxy) is 2. The molecule has 0 bridgehead atoms. The number of rotatable bonds is 3. The number of methoxy groups -OCH3 is 2. The van der Waals surface area contributed by atoms with Crippen molar-refractivity contribution in [3.05, 3.63) is 52.6 Å². The van der Waals surface area contributed by atoms with Gasteiger partial charge in [-0.2, -0.15) is 0 Å². The van der Waals surface area contributed by atoms with Gasteiger partial charge in [-0.15, -0.1) is 0 Å². The van der Waals surface area contributed by atoms with E-state index in [1.165, 1.54) is 5.56 Å². The molecule has 1 aliphatic rings. The molecule has 5 nitrogen and oxygen atoms in total. The molecule has 0 aliphatic carbocycles. The first-order valence-electron chi connectivity index (χ1n) is 8.50. The molecular formula is C20H24N2O3S. The summed E-state index contributed by atoms with van der Waals surface area (Å²) in [7, 11) is 3.23. The maximum absolute atomic E-state index is 10.7. The molecule has 1 heterocycles. The lowest BCUT2D eigenvalue weighted by Crippen LogP contribution is -2.41. The maximum atomic E-state index is 10.7. The van der Waals surface area contributed by atoms with Gasteiger partial charge in [0.2, 0.25) is 0 Å². The van der Waals surface area contributed by atoms with E-state index in [0.717, 1.165) is 28.1 Å². The van der Waals surface area contributed by atoms with Crippen molar-refractivity contribution in [3.8, 4) is 11.5 Å². The van der Waals surface area contributed by atoms with Crippen LogP contribution in [0.3, 0.4) is 0 Å². The van der Waals surface area contributed by atoms with E-state index in [9.17, 15) is 5.11 Å². The third-order valence-corrected chi connectivity index (χ3v) is 5.28. The number of β-amino-alcohol motifs (C(OH)–C–C–N with tert-alkyl or cyclic N) is 1. The van der Waals surface area contributed by atoms with Crippen LogP contribution in [0, 0.1) is 13.8 Å². The van der Waals surface area contributed by atoms with Crippen LogP contribution in [0.1, 0.15) is 28.4 Å². The molecule has 0 aromatic heterocycles. The zero-order valence-corrected chi connectivity index (χ0v) is 16.3. The normalized spacial score (nSPS) is 16.0. The number of aliphatic hydroxyl groups excluding tert-OH is 1. The first-order valence-corrected chi connectivity index (χ1v) is 8.91. The van der Waals surface area contributed by atoms with Crippen LogP contribution in [0.15, 0.2) is 30.3 Å². The monoisotopic (exact) mass is 372 g/mol. The van der Waals surface area contributed by atoms with Gasteiger partial charge in [0, 0.05) is 23.4 Å². The first-order chi connectivity index (χ1) is 12.5. The molecule has 6 heteroatoms. The molecule has 26 heavy (non-hydrogen) atoms. The zero-order chi connectivity index (χ0) is 18.8. The highest BCUT2D eigenvalue weighted by Crippen LogP contribution is 2.39. The summed E-state index contributed by atoms with van der Waals surface area (Å²) in [5.74, 6) is 1.39. The van der Waals surface area contributed by atoms with Gasteiger partial charge in [0.1, 0.15) is 17.6 Å². The Hall–Kier alpha value is -2.31. The molecule has 1 atom stereocenters. The highest BCUT2D eigenvalue weighted by molar-refractivity contribution is 7.80. The molecule has 2 aromatic carbocycles. The van der Waals surface area contributed by atoms with Gasteiger partial charge in [-0.05, 0) is 55.4 Å².